The summed E-state index contributed by atoms with van der Waals surface area (Å²) in [6.07, 6.45) is 0.916. The summed E-state index contributed by atoms with van der Waals surface area (Å²) in [5.74, 6) is -1.37. The highest BCUT2D eigenvalue weighted by molar-refractivity contribution is 6.34. The standard InChI is InChI=1S/C12H7N3O5/c16-9-6-3-1-2-4-7(6)10(17)14(9)8-5-13-12(19)15(20)11(8)18/h1-5,20H,(H,13,19). The van der Waals surface area contributed by atoms with E-state index in [-0.39, 0.29) is 15.9 Å². The predicted molar refractivity (Wildman–Crippen MR) is 66.1 cm³/mol. The molecule has 0 spiro atoms. The Balaban J connectivity index is 2.22. The molecule has 1 aliphatic rings. The van der Waals surface area contributed by atoms with Crippen molar-refractivity contribution in [3.63, 3.8) is 0 Å². The Kier molecular flexibility index (Phi) is 2.33. The second-order valence-electron chi connectivity index (χ2n) is 4.09. The fourth-order valence-electron chi connectivity index (χ4n) is 2.02. The zero-order valence-corrected chi connectivity index (χ0v) is 9.86. The van der Waals surface area contributed by atoms with Crippen LogP contribution in [0.2, 0.25) is 0 Å². The van der Waals surface area contributed by atoms with Crippen molar-refractivity contribution in [2.75, 3.05) is 4.90 Å². The maximum atomic E-state index is 12.1. The summed E-state index contributed by atoms with van der Waals surface area (Å²) >= 11 is 0. The molecule has 1 aliphatic heterocycles. The smallest absolute Gasteiger partial charge is 0.361 e. The molecule has 0 saturated carbocycles. The minimum atomic E-state index is -1.15. The van der Waals surface area contributed by atoms with E-state index in [0.29, 0.717) is 4.90 Å². The molecule has 100 valence electrons. The second-order valence-corrected chi connectivity index (χ2v) is 4.09. The van der Waals surface area contributed by atoms with Crippen LogP contribution in [0.3, 0.4) is 0 Å². The van der Waals surface area contributed by atoms with Gasteiger partial charge in [0.1, 0.15) is 5.69 Å². The summed E-state index contributed by atoms with van der Waals surface area (Å²) in [5, 5.41) is 9.25. The molecule has 0 fully saturated rings. The molecule has 0 unspecified atom stereocenters. The first kappa shape index (κ1) is 11.9. The number of anilines is 1. The maximum absolute atomic E-state index is 12.1. The van der Waals surface area contributed by atoms with Gasteiger partial charge in [-0.2, -0.15) is 0 Å². The van der Waals surface area contributed by atoms with Gasteiger partial charge in [0, 0.05) is 6.20 Å². The molecule has 20 heavy (non-hydrogen) atoms. The third-order valence-electron chi connectivity index (χ3n) is 2.97. The Hall–Kier alpha value is -3.16. The van der Waals surface area contributed by atoms with E-state index < -0.39 is 28.8 Å². The van der Waals surface area contributed by atoms with Gasteiger partial charge < -0.3 is 10.2 Å². The fourth-order valence-corrected chi connectivity index (χ4v) is 2.02. The molecule has 2 N–H and O–H groups in total. The number of nitrogens with zero attached hydrogens (tertiary/aromatic N) is 2. The number of H-pyrrole nitrogens is 1. The molecule has 8 heteroatoms. The van der Waals surface area contributed by atoms with Crippen LogP contribution in [0.4, 0.5) is 5.69 Å². The highest BCUT2D eigenvalue weighted by Crippen LogP contribution is 2.25. The van der Waals surface area contributed by atoms with Crippen LogP contribution in [0.5, 0.6) is 0 Å². The lowest BCUT2D eigenvalue weighted by molar-refractivity contribution is 0.0924. The lowest BCUT2D eigenvalue weighted by atomic mass is 10.1. The molecule has 0 saturated heterocycles. The number of aromatic nitrogens is 2. The van der Waals surface area contributed by atoms with Gasteiger partial charge in [0.15, 0.2) is 0 Å². The number of rotatable bonds is 1. The Morgan fingerprint density at radius 1 is 0.950 bits per heavy atom. The Labute approximate surface area is 110 Å². The van der Waals surface area contributed by atoms with Crippen molar-refractivity contribution in [3.8, 4) is 0 Å². The summed E-state index contributed by atoms with van der Waals surface area (Å²) < 4.78 is -0.196. The number of amides is 2. The number of hydrogen-bond acceptors (Lipinski definition) is 5. The number of imide groups is 1. The fraction of sp³-hybridized carbons (Fsp3) is 0. The first-order chi connectivity index (χ1) is 9.52. The molecule has 2 amide bonds. The van der Waals surface area contributed by atoms with E-state index >= 15 is 0 Å². The largest absolute Gasteiger partial charge is 0.421 e. The highest BCUT2D eigenvalue weighted by Gasteiger charge is 2.38. The summed E-state index contributed by atoms with van der Waals surface area (Å²) in [5.41, 5.74) is -2.31. The van der Waals surface area contributed by atoms with Crippen LogP contribution in [0.1, 0.15) is 20.7 Å². The molecule has 2 aromatic rings. The molecule has 1 aromatic carbocycles. The quantitative estimate of drug-likeness (QED) is 0.541. The van der Waals surface area contributed by atoms with Crippen molar-refractivity contribution in [2.45, 2.75) is 0 Å². The van der Waals surface area contributed by atoms with Crippen molar-refractivity contribution in [1.82, 2.24) is 9.71 Å². The van der Waals surface area contributed by atoms with Crippen LogP contribution in [0.15, 0.2) is 40.1 Å². The van der Waals surface area contributed by atoms with Crippen LogP contribution in [-0.4, -0.2) is 26.7 Å². The first-order valence-electron chi connectivity index (χ1n) is 5.54. The van der Waals surface area contributed by atoms with Crippen LogP contribution in [0, 0.1) is 0 Å². The molecule has 3 rings (SSSR count). The summed E-state index contributed by atoms with van der Waals surface area (Å²) in [6.45, 7) is 0. The van der Waals surface area contributed by atoms with Gasteiger partial charge in [0.2, 0.25) is 0 Å². The average Bonchev–Trinajstić information content (AvgIpc) is 2.70. The number of benzene rings is 1. The number of carbonyl (C=O) groups is 2. The van der Waals surface area contributed by atoms with E-state index in [1.807, 2.05) is 0 Å². The van der Waals surface area contributed by atoms with E-state index in [1.165, 1.54) is 12.1 Å². The lowest BCUT2D eigenvalue weighted by Gasteiger charge is -2.12. The molecule has 8 nitrogen and oxygen atoms in total. The van der Waals surface area contributed by atoms with Gasteiger partial charge in [-0.25, -0.2) is 9.69 Å². The molecular weight excluding hydrogens is 266 g/mol. The van der Waals surface area contributed by atoms with Gasteiger partial charge in [0.25, 0.3) is 11.8 Å². The van der Waals surface area contributed by atoms with Gasteiger partial charge in [0.05, 0.1) is 11.1 Å². The van der Waals surface area contributed by atoms with Crippen LogP contribution < -0.4 is 16.1 Å². The van der Waals surface area contributed by atoms with E-state index in [2.05, 4.69) is 4.98 Å². The number of aromatic amines is 1. The van der Waals surface area contributed by atoms with Crippen LogP contribution in [-0.2, 0) is 0 Å². The summed E-state index contributed by atoms with van der Waals surface area (Å²) in [6, 6.07) is 6.09. The number of fused-ring (bicyclic) bond motifs is 1. The van der Waals surface area contributed by atoms with Crippen molar-refractivity contribution in [3.05, 3.63) is 62.4 Å². The highest BCUT2D eigenvalue weighted by atomic mass is 16.5. The minimum absolute atomic E-state index is 0.160. The summed E-state index contributed by atoms with van der Waals surface area (Å²) in [7, 11) is 0. The number of hydrogen-bond donors (Lipinski definition) is 2. The van der Waals surface area contributed by atoms with E-state index in [0.717, 1.165) is 6.20 Å². The monoisotopic (exact) mass is 273 g/mol. The molecule has 2 heterocycles. The average molecular weight is 273 g/mol. The zero-order chi connectivity index (χ0) is 14.4. The molecule has 0 radical (unpaired) electrons. The maximum Gasteiger partial charge on any atom is 0.361 e. The van der Waals surface area contributed by atoms with Crippen molar-refractivity contribution in [2.24, 2.45) is 0 Å². The SMILES string of the molecule is O=C1c2ccccc2C(=O)N1c1c[nH]c(=O)n(O)c1=O. The Bertz CT molecular complexity index is 829. The van der Waals surface area contributed by atoms with Crippen LogP contribution >= 0.6 is 0 Å². The van der Waals surface area contributed by atoms with E-state index in [1.54, 1.807) is 12.1 Å². The van der Waals surface area contributed by atoms with E-state index in [9.17, 15) is 24.4 Å². The Morgan fingerprint density at radius 3 is 2.05 bits per heavy atom. The van der Waals surface area contributed by atoms with Gasteiger partial charge in [-0.1, -0.05) is 16.9 Å². The van der Waals surface area contributed by atoms with Crippen LogP contribution in [0.25, 0.3) is 0 Å². The molecule has 0 bridgehead atoms. The molecule has 0 aliphatic carbocycles. The van der Waals surface area contributed by atoms with Crippen molar-refractivity contribution < 1.29 is 14.8 Å². The van der Waals surface area contributed by atoms with Crippen molar-refractivity contribution >= 4 is 17.5 Å². The second kappa shape index (κ2) is 3.92. The lowest BCUT2D eigenvalue weighted by Crippen LogP contribution is -2.40. The zero-order valence-electron chi connectivity index (χ0n) is 9.86. The predicted octanol–water partition coefficient (Wildman–Crippen LogP) is -0.425. The third-order valence-corrected chi connectivity index (χ3v) is 2.97. The third kappa shape index (κ3) is 1.41. The van der Waals surface area contributed by atoms with Gasteiger partial charge in [-0.3, -0.25) is 14.4 Å². The number of nitrogens with one attached hydrogen (secondary N) is 1. The minimum Gasteiger partial charge on any atom is -0.421 e. The van der Waals surface area contributed by atoms with Gasteiger partial charge in [-0.05, 0) is 12.1 Å². The molecule has 1 aromatic heterocycles. The van der Waals surface area contributed by atoms with E-state index in [4.69, 9.17) is 0 Å². The topological polar surface area (TPSA) is 112 Å². The molecule has 0 atom stereocenters. The molecular formula is C12H7N3O5. The number of carbonyl (C=O) groups excluding carboxylic acids is 2. The van der Waals surface area contributed by atoms with Gasteiger partial charge >= 0.3 is 11.2 Å². The first-order valence-corrected chi connectivity index (χ1v) is 5.54. The normalized spacial score (nSPS) is 13.7. The Morgan fingerprint density at radius 2 is 1.50 bits per heavy atom. The van der Waals surface area contributed by atoms with Crippen molar-refractivity contribution in [1.29, 1.82) is 0 Å². The van der Waals surface area contributed by atoms with Gasteiger partial charge in [-0.15, -0.1) is 0 Å². The summed E-state index contributed by atoms with van der Waals surface area (Å²) in [4.78, 5) is 49.8.